The van der Waals surface area contributed by atoms with E-state index in [0.29, 0.717) is 41.3 Å². The van der Waals surface area contributed by atoms with Crippen LogP contribution in [0.25, 0.3) is 0 Å². The lowest BCUT2D eigenvalue weighted by atomic mass is 10.1. The number of likely N-dealkylation sites (tertiary alicyclic amines) is 1. The highest BCUT2D eigenvalue weighted by atomic mass is 35.5. The van der Waals surface area contributed by atoms with Gasteiger partial charge in [-0.1, -0.05) is 16.8 Å². The third-order valence-corrected chi connectivity index (χ3v) is 5.02. The first-order valence-electron chi connectivity index (χ1n) is 7.86. The molecule has 0 unspecified atom stereocenters. The minimum Gasteiger partial charge on any atom is -0.339 e. The number of nitrogens with zero attached hydrogens (tertiary/aromatic N) is 5. The molecule has 0 aromatic carbocycles. The van der Waals surface area contributed by atoms with E-state index in [1.165, 1.54) is 4.68 Å². The molecule has 4 rings (SSSR count). The van der Waals surface area contributed by atoms with E-state index in [1.807, 2.05) is 0 Å². The molecule has 2 aliphatic rings. The van der Waals surface area contributed by atoms with Crippen molar-refractivity contribution < 1.29 is 9.32 Å². The molecular formula is C15H18ClN5O2. The maximum absolute atomic E-state index is 12.7. The number of carbonyl (C=O) groups is 1. The van der Waals surface area contributed by atoms with Crippen molar-refractivity contribution in [2.24, 2.45) is 7.05 Å². The fourth-order valence-electron chi connectivity index (χ4n) is 3.10. The second kappa shape index (κ2) is 5.33. The zero-order valence-corrected chi connectivity index (χ0v) is 13.9. The number of carbonyl (C=O) groups excluding carboxylic acids is 1. The maximum Gasteiger partial charge on any atom is 0.258 e. The van der Waals surface area contributed by atoms with E-state index in [2.05, 4.69) is 15.2 Å². The fraction of sp³-hybridized carbons (Fsp3) is 0.600. The molecule has 7 nitrogen and oxygen atoms in total. The van der Waals surface area contributed by atoms with Crippen LogP contribution >= 0.6 is 11.6 Å². The van der Waals surface area contributed by atoms with Crippen molar-refractivity contribution in [2.75, 3.05) is 13.1 Å². The molecule has 1 aliphatic carbocycles. The third-order valence-electron chi connectivity index (χ3n) is 4.59. The van der Waals surface area contributed by atoms with E-state index in [0.717, 1.165) is 25.1 Å². The molecule has 1 aliphatic heterocycles. The quantitative estimate of drug-likeness (QED) is 0.860. The van der Waals surface area contributed by atoms with E-state index in [1.54, 1.807) is 18.9 Å². The zero-order valence-electron chi connectivity index (χ0n) is 13.1. The van der Waals surface area contributed by atoms with Crippen LogP contribution in [0.1, 0.15) is 58.9 Å². The van der Waals surface area contributed by atoms with Crippen LogP contribution in [0.2, 0.25) is 5.15 Å². The zero-order chi connectivity index (χ0) is 16.1. The van der Waals surface area contributed by atoms with Gasteiger partial charge in [-0.3, -0.25) is 9.48 Å². The van der Waals surface area contributed by atoms with Crippen molar-refractivity contribution in [3.8, 4) is 0 Å². The summed E-state index contributed by atoms with van der Waals surface area (Å²) in [6.45, 7) is 3.04. The predicted octanol–water partition coefficient (Wildman–Crippen LogP) is 2.27. The first-order valence-corrected chi connectivity index (χ1v) is 8.24. The largest absolute Gasteiger partial charge is 0.339 e. The van der Waals surface area contributed by atoms with E-state index >= 15 is 0 Å². The summed E-state index contributed by atoms with van der Waals surface area (Å²) in [5.74, 6) is 1.97. The second-order valence-electron chi connectivity index (χ2n) is 6.38. The molecule has 0 N–H and O–H groups in total. The van der Waals surface area contributed by atoms with Gasteiger partial charge in [0.05, 0.1) is 17.2 Å². The molecule has 2 aromatic heterocycles. The van der Waals surface area contributed by atoms with Crippen molar-refractivity contribution >= 4 is 17.5 Å². The highest BCUT2D eigenvalue weighted by molar-refractivity contribution is 6.33. The normalized spacial score (nSPS) is 21.2. The van der Waals surface area contributed by atoms with Crippen molar-refractivity contribution in [1.82, 2.24) is 24.8 Å². The number of amides is 1. The van der Waals surface area contributed by atoms with Crippen molar-refractivity contribution in [1.29, 1.82) is 0 Å². The molecule has 0 radical (unpaired) electrons. The fourth-order valence-corrected chi connectivity index (χ4v) is 3.35. The average molecular weight is 336 g/mol. The minimum absolute atomic E-state index is 0.0787. The van der Waals surface area contributed by atoms with E-state index in [-0.39, 0.29) is 11.8 Å². The second-order valence-corrected chi connectivity index (χ2v) is 6.73. The third kappa shape index (κ3) is 2.52. The van der Waals surface area contributed by atoms with Crippen molar-refractivity contribution in [3.05, 3.63) is 28.1 Å². The first-order chi connectivity index (χ1) is 11.0. The van der Waals surface area contributed by atoms with Crippen molar-refractivity contribution in [2.45, 2.75) is 38.0 Å². The van der Waals surface area contributed by atoms with Crippen LogP contribution < -0.4 is 0 Å². The average Bonchev–Trinajstić information content (AvgIpc) is 2.97. The van der Waals surface area contributed by atoms with Crippen LogP contribution in [0.3, 0.4) is 0 Å². The maximum atomic E-state index is 12.7. The van der Waals surface area contributed by atoms with Crippen LogP contribution in [0.15, 0.2) is 4.52 Å². The van der Waals surface area contributed by atoms with E-state index in [4.69, 9.17) is 16.1 Å². The van der Waals surface area contributed by atoms with E-state index in [9.17, 15) is 4.79 Å². The molecule has 23 heavy (non-hydrogen) atoms. The lowest BCUT2D eigenvalue weighted by molar-refractivity contribution is 0.0789. The molecule has 3 heterocycles. The van der Waals surface area contributed by atoms with Gasteiger partial charge in [0.1, 0.15) is 5.15 Å². The Morgan fingerprint density at radius 1 is 1.30 bits per heavy atom. The minimum atomic E-state index is -0.0787. The molecule has 0 bridgehead atoms. The van der Waals surface area contributed by atoms with Gasteiger partial charge in [0.25, 0.3) is 5.91 Å². The molecule has 1 amide bonds. The van der Waals surface area contributed by atoms with Gasteiger partial charge >= 0.3 is 0 Å². The summed E-state index contributed by atoms with van der Waals surface area (Å²) in [5.41, 5.74) is 1.14. The lowest BCUT2D eigenvalue weighted by Crippen LogP contribution is -2.29. The Balaban J connectivity index is 1.49. The van der Waals surface area contributed by atoms with Gasteiger partial charge in [-0.05, 0) is 26.2 Å². The summed E-state index contributed by atoms with van der Waals surface area (Å²) < 4.78 is 6.92. The summed E-state index contributed by atoms with van der Waals surface area (Å²) in [6.07, 6.45) is 3.12. The summed E-state index contributed by atoms with van der Waals surface area (Å²) in [6, 6.07) is 0. The van der Waals surface area contributed by atoms with E-state index < -0.39 is 0 Å². The van der Waals surface area contributed by atoms with Crippen molar-refractivity contribution in [3.63, 3.8) is 0 Å². The molecule has 122 valence electrons. The topological polar surface area (TPSA) is 77.1 Å². The number of aryl methyl sites for hydroxylation is 2. The number of rotatable bonds is 3. The number of hydrogen-bond acceptors (Lipinski definition) is 5. The Bertz CT molecular complexity index is 764. The standard InChI is InChI=1S/C15H18ClN5O2/c1-8-11(12(16)20(2)18-8)15(22)21-6-5-10(7-21)14-17-13(19-23-14)9-3-4-9/h9-10H,3-7H2,1-2H3/t10-/m1/s1. The molecular weight excluding hydrogens is 318 g/mol. The number of aromatic nitrogens is 4. The van der Waals surface area contributed by atoms with Gasteiger partial charge in [0.15, 0.2) is 5.82 Å². The smallest absolute Gasteiger partial charge is 0.258 e. The molecule has 2 fully saturated rings. The van der Waals surface area contributed by atoms with Gasteiger partial charge in [-0.15, -0.1) is 0 Å². The molecule has 0 spiro atoms. The van der Waals surface area contributed by atoms with Gasteiger partial charge in [0.2, 0.25) is 5.89 Å². The molecule has 1 saturated heterocycles. The Hall–Kier alpha value is -1.89. The Morgan fingerprint density at radius 2 is 2.09 bits per heavy atom. The Morgan fingerprint density at radius 3 is 2.74 bits per heavy atom. The van der Waals surface area contributed by atoms with Crippen LogP contribution in [-0.2, 0) is 7.05 Å². The molecule has 1 atom stereocenters. The van der Waals surface area contributed by atoms with Crippen LogP contribution in [-0.4, -0.2) is 43.8 Å². The van der Waals surface area contributed by atoms with Gasteiger partial charge in [-0.25, -0.2) is 0 Å². The SMILES string of the molecule is Cc1nn(C)c(Cl)c1C(=O)N1CC[C@@H](c2nc(C3CC3)no2)C1. The Labute approximate surface area is 138 Å². The van der Waals surface area contributed by atoms with Gasteiger partial charge < -0.3 is 9.42 Å². The summed E-state index contributed by atoms with van der Waals surface area (Å²) in [7, 11) is 1.73. The predicted molar refractivity (Wildman–Crippen MR) is 82.5 cm³/mol. The van der Waals surface area contributed by atoms with Crippen LogP contribution in [0, 0.1) is 6.92 Å². The summed E-state index contributed by atoms with van der Waals surface area (Å²) in [5, 5.41) is 8.64. The molecule has 1 saturated carbocycles. The number of halogens is 1. The molecule has 2 aromatic rings. The van der Waals surface area contributed by atoms with Crippen LogP contribution in [0.4, 0.5) is 0 Å². The highest BCUT2D eigenvalue weighted by Gasteiger charge is 2.35. The summed E-state index contributed by atoms with van der Waals surface area (Å²) >= 11 is 6.20. The molecule has 8 heteroatoms. The summed E-state index contributed by atoms with van der Waals surface area (Å²) in [4.78, 5) is 19.0. The van der Waals surface area contributed by atoms with Crippen LogP contribution in [0.5, 0.6) is 0 Å². The monoisotopic (exact) mass is 335 g/mol. The first kappa shape index (κ1) is 14.7. The number of hydrogen-bond donors (Lipinski definition) is 0. The lowest BCUT2D eigenvalue weighted by Gasteiger charge is -2.15. The Kier molecular flexibility index (Phi) is 3.41. The highest BCUT2D eigenvalue weighted by Crippen LogP contribution is 2.39. The van der Waals surface area contributed by atoms with Gasteiger partial charge in [0, 0.05) is 26.1 Å². The van der Waals surface area contributed by atoms with Gasteiger partial charge in [-0.2, -0.15) is 10.1 Å².